The summed E-state index contributed by atoms with van der Waals surface area (Å²) in [5.74, 6) is -0.833. The van der Waals surface area contributed by atoms with E-state index in [0.29, 0.717) is 6.61 Å². The molecule has 0 aliphatic carbocycles. The molecule has 0 saturated carbocycles. The van der Waals surface area contributed by atoms with Crippen molar-refractivity contribution < 1.29 is 24.3 Å². The van der Waals surface area contributed by atoms with E-state index >= 15 is 0 Å². The van der Waals surface area contributed by atoms with Gasteiger partial charge in [-0.05, 0) is 11.0 Å². The van der Waals surface area contributed by atoms with Crippen LogP contribution in [-0.4, -0.2) is 42.6 Å². The Labute approximate surface area is 112 Å². The van der Waals surface area contributed by atoms with E-state index < -0.39 is 5.97 Å². The van der Waals surface area contributed by atoms with E-state index in [4.69, 9.17) is 24.3 Å². The zero-order valence-corrected chi connectivity index (χ0v) is 10.8. The number of benzene rings is 1. The maximum Gasteiger partial charge on any atom is 0.494 e. The Kier molecular flexibility index (Phi) is 6.28. The number of hydrogen-bond acceptors (Lipinski definition) is 4. The average molecular weight is 264 g/mol. The summed E-state index contributed by atoms with van der Waals surface area (Å²) in [5, 5.41) is 16.3. The minimum atomic E-state index is -0.833. The van der Waals surface area contributed by atoms with Crippen LogP contribution in [-0.2, 0) is 14.1 Å². The number of aliphatic hydroxyl groups is 1. The molecular weight excluding hydrogens is 247 g/mol. The smallest absolute Gasteiger partial charge is 0.481 e. The highest BCUT2D eigenvalue weighted by Crippen LogP contribution is 2.08. The molecule has 1 unspecified atom stereocenters. The van der Waals surface area contributed by atoms with Crippen LogP contribution in [0.15, 0.2) is 30.8 Å². The molecule has 1 fully saturated rings. The summed E-state index contributed by atoms with van der Waals surface area (Å²) in [6, 6.07) is 7.81. The van der Waals surface area contributed by atoms with Gasteiger partial charge in [0.15, 0.2) is 0 Å². The van der Waals surface area contributed by atoms with Gasteiger partial charge in [-0.25, -0.2) is 0 Å². The number of aliphatic carboxylic acids is 1. The summed E-state index contributed by atoms with van der Waals surface area (Å²) in [6.45, 7) is 5.22. The lowest BCUT2D eigenvalue weighted by molar-refractivity contribution is -0.134. The lowest BCUT2D eigenvalue weighted by atomic mass is 9.79. The van der Waals surface area contributed by atoms with Gasteiger partial charge in [-0.2, -0.15) is 0 Å². The van der Waals surface area contributed by atoms with Crippen molar-refractivity contribution in [2.24, 2.45) is 0 Å². The summed E-state index contributed by atoms with van der Waals surface area (Å²) < 4.78 is 10.9. The van der Waals surface area contributed by atoms with Crippen LogP contribution in [0.1, 0.15) is 12.5 Å². The lowest BCUT2D eigenvalue weighted by Crippen LogP contribution is -2.32. The molecule has 102 valence electrons. The van der Waals surface area contributed by atoms with Crippen molar-refractivity contribution in [3.63, 3.8) is 0 Å². The largest absolute Gasteiger partial charge is 0.494 e. The maximum atomic E-state index is 9.00. The Morgan fingerprint density at radius 1 is 1.53 bits per heavy atom. The molecule has 1 aromatic rings. The summed E-state index contributed by atoms with van der Waals surface area (Å²) in [6.07, 6.45) is 1.59. The molecule has 2 N–H and O–H groups in total. The molecule has 1 aliphatic heterocycles. The van der Waals surface area contributed by atoms with Crippen molar-refractivity contribution in [2.75, 3.05) is 13.2 Å². The molecule has 6 heteroatoms. The third-order valence-electron chi connectivity index (χ3n) is 2.40. The van der Waals surface area contributed by atoms with Gasteiger partial charge in [0.05, 0.1) is 19.3 Å². The average Bonchev–Trinajstić information content (AvgIpc) is 2.87. The fourth-order valence-electron chi connectivity index (χ4n) is 1.51. The summed E-state index contributed by atoms with van der Waals surface area (Å²) in [7, 11) is -0.346. The number of carbonyl (C=O) groups is 1. The highest BCUT2D eigenvalue weighted by molar-refractivity contribution is 6.61. The topological polar surface area (TPSA) is 76.0 Å². The second kappa shape index (κ2) is 7.73. The quantitative estimate of drug-likeness (QED) is 0.778. The SMILES string of the molecule is C=Cc1ccc(B2OCC(CO)O2)cc1.CC(=O)O. The fraction of sp³-hybridized carbons (Fsp3) is 0.308. The minimum Gasteiger partial charge on any atom is -0.481 e. The van der Waals surface area contributed by atoms with Crippen molar-refractivity contribution in [3.8, 4) is 0 Å². The van der Waals surface area contributed by atoms with Crippen LogP contribution < -0.4 is 5.46 Å². The first kappa shape index (κ1) is 15.4. The van der Waals surface area contributed by atoms with Crippen LogP contribution in [0.25, 0.3) is 6.08 Å². The molecule has 0 spiro atoms. The van der Waals surface area contributed by atoms with Crippen molar-refractivity contribution in [2.45, 2.75) is 13.0 Å². The molecule has 1 heterocycles. The van der Waals surface area contributed by atoms with Gasteiger partial charge >= 0.3 is 7.12 Å². The fourth-order valence-corrected chi connectivity index (χ4v) is 1.51. The summed E-state index contributed by atoms with van der Waals surface area (Å²) in [4.78, 5) is 9.00. The molecule has 0 radical (unpaired) electrons. The zero-order chi connectivity index (χ0) is 14.3. The number of aliphatic hydroxyl groups excluding tert-OH is 1. The van der Waals surface area contributed by atoms with Crippen LogP contribution in [0.3, 0.4) is 0 Å². The molecule has 1 atom stereocenters. The van der Waals surface area contributed by atoms with E-state index in [2.05, 4.69) is 6.58 Å². The van der Waals surface area contributed by atoms with E-state index in [9.17, 15) is 0 Å². The predicted octanol–water partition coefficient (Wildman–Crippen LogP) is 0.523. The molecule has 0 aromatic heterocycles. The number of hydrogen-bond donors (Lipinski definition) is 2. The van der Waals surface area contributed by atoms with Gasteiger partial charge in [0.2, 0.25) is 0 Å². The Bertz CT molecular complexity index is 414. The van der Waals surface area contributed by atoms with Crippen LogP contribution in [0.4, 0.5) is 0 Å². The number of rotatable bonds is 3. The Balaban J connectivity index is 0.000000399. The molecule has 0 amide bonds. The molecule has 0 bridgehead atoms. The van der Waals surface area contributed by atoms with E-state index in [0.717, 1.165) is 17.9 Å². The monoisotopic (exact) mass is 264 g/mol. The minimum absolute atomic E-state index is 0.00123. The van der Waals surface area contributed by atoms with Crippen molar-refractivity contribution in [1.82, 2.24) is 0 Å². The van der Waals surface area contributed by atoms with Crippen molar-refractivity contribution in [1.29, 1.82) is 0 Å². The van der Waals surface area contributed by atoms with Gasteiger partial charge in [0, 0.05) is 6.92 Å². The molecule has 1 aliphatic rings. The lowest BCUT2D eigenvalue weighted by Gasteiger charge is -2.06. The van der Waals surface area contributed by atoms with Crippen LogP contribution in [0, 0.1) is 0 Å². The molecular formula is C13H17BO5. The first-order chi connectivity index (χ1) is 9.06. The standard InChI is InChI=1S/C11H13BO3.C2H4O2/c1-2-9-3-5-10(6-4-9)12-14-8-11(7-13)15-12;1-2(3)4/h2-6,11,13H,1,7-8H2;1H3,(H,3,4). The Morgan fingerprint density at radius 2 is 2.11 bits per heavy atom. The number of carboxylic acid groups (broad SMARTS) is 1. The second-order valence-corrected chi connectivity index (χ2v) is 4.00. The van der Waals surface area contributed by atoms with Gasteiger partial charge < -0.3 is 19.5 Å². The van der Waals surface area contributed by atoms with Gasteiger partial charge in [-0.1, -0.05) is 36.9 Å². The Hall–Kier alpha value is -1.63. The highest BCUT2D eigenvalue weighted by Gasteiger charge is 2.32. The maximum absolute atomic E-state index is 9.00. The van der Waals surface area contributed by atoms with Gasteiger partial charge in [-0.15, -0.1) is 0 Å². The van der Waals surface area contributed by atoms with Gasteiger partial charge in [0.25, 0.3) is 5.97 Å². The number of carboxylic acids is 1. The van der Waals surface area contributed by atoms with E-state index in [1.165, 1.54) is 0 Å². The van der Waals surface area contributed by atoms with Crippen molar-refractivity contribution >= 4 is 24.6 Å². The summed E-state index contributed by atoms with van der Waals surface area (Å²) in [5.41, 5.74) is 2.03. The van der Waals surface area contributed by atoms with Gasteiger partial charge in [-0.3, -0.25) is 4.79 Å². The zero-order valence-electron chi connectivity index (χ0n) is 10.8. The normalized spacial score (nSPS) is 17.6. The van der Waals surface area contributed by atoms with Crippen LogP contribution >= 0.6 is 0 Å². The predicted molar refractivity (Wildman–Crippen MR) is 73.1 cm³/mol. The van der Waals surface area contributed by atoms with E-state index in [1.54, 1.807) is 6.08 Å². The molecule has 2 rings (SSSR count). The van der Waals surface area contributed by atoms with Gasteiger partial charge in [0.1, 0.15) is 0 Å². The van der Waals surface area contributed by atoms with Crippen molar-refractivity contribution in [3.05, 3.63) is 36.4 Å². The van der Waals surface area contributed by atoms with Crippen LogP contribution in [0.5, 0.6) is 0 Å². The van der Waals surface area contributed by atoms with E-state index in [1.807, 2.05) is 24.3 Å². The van der Waals surface area contributed by atoms with Crippen LogP contribution in [0.2, 0.25) is 0 Å². The molecule has 1 saturated heterocycles. The first-order valence-corrected chi connectivity index (χ1v) is 5.86. The molecule has 1 aromatic carbocycles. The second-order valence-electron chi connectivity index (χ2n) is 4.00. The summed E-state index contributed by atoms with van der Waals surface area (Å²) >= 11 is 0. The molecule has 19 heavy (non-hydrogen) atoms. The first-order valence-electron chi connectivity index (χ1n) is 5.86. The third-order valence-corrected chi connectivity index (χ3v) is 2.40. The third kappa shape index (κ3) is 5.26. The van der Waals surface area contributed by atoms with E-state index in [-0.39, 0.29) is 19.8 Å². The Morgan fingerprint density at radius 3 is 2.53 bits per heavy atom. The highest BCUT2D eigenvalue weighted by atomic mass is 16.6. The molecule has 5 nitrogen and oxygen atoms in total.